The lowest BCUT2D eigenvalue weighted by Crippen LogP contribution is -2.38. The van der Waals surface area contributed by atoms with Crippen molar-refractivity contribution in [1.82, 2.24) is 20.0 Å². The van der Waals surface area contributed by atoms with E-state index in [1.807, 2.05) is 56.3 Å². The molecule has 0 aliphatic heterocycles. The van der Waals surface area contributed by atoms with Gasteiger partial charge in [0, 0.05) is 18.7 Å². The number of ether oxygens (including phenoxy) is 1. The van der Waals surface area contributed by atoms with E-state index in [9.17, 15) is 9.59 Å². The van der Waals surface area contributed by atoms with Gasteiger partial charge in [-0.05, 0) is 33.2 Å². The summed E-state index contributed by atoms with van der Waals surface area (Å²) in [5, 5.41) is 7.07. The molecule has 0 saturated carbocycles. The number of methoxy groups -OCH3 is 1. The van der Waals surface area contributed by atoms with Gasteiger partial charge < -0.3 is 15.0 Å². The van der Waals surface area contributed by atoms with E-state index in [2.05, 4.69) is 10.4 Å². The molecule has 128 valence electrons. The average molecular weight is 330 g/mol. The summed E-state index contributed by atoms with van der Waals surface area (Å²) < 4.78 is 6.14. The fourth-order valence-electron chi connectivity index (χ4n) is 2.03. The first-order chi connectivity index (χ1) is 11.4. The topological polar surface area (TPSA) is 76.5 Å². The maximum atomic E-state index is 12.5. The van der Waals surface area contributed by atoms with Crippen molar-refractivity contribution < 1.29 is 14.3 Å². The zero-order chi connectivity index (χ0) is 17.7. The highest BCUT2D eigenvalue weighted by molar-refractivity contribution is 5.96. The first-order valence-electron chi connectivity index (χ1n) is 7.62. The van der Waals surface area contributed by atoms with Gasteiger partial charge in [-0.25, -0.2) is 9.48 Å². The van der Waals surface area contributed by atoms with E-state index in [0.29, 0.717) is 12.2 Å². The minimum absolute atomic E-state index is 0.0900. The van der Waals surface area contributed by atoms with Crippen molar-refractivity contribution in [2.45, 2.75) is 13.0 Å². The molecule has 24 heavy (non-hydrogen) atoms. The lowest BCUT2D eigenvalue weighted by atomic mass is 10.2. The van der Waals surface area contributed by atoms with Crippen molar-refractivity contribution in [3.05, 3.63) is 47.8 Å². The second kappa shape index (κ2) is 7.74. The van der Waals surface area contributed by atoms with E-state index in [0.717, 1.165) is 0 Å². The molecule has 2 aromatic rings. The van der Waals surface area contributed by atoms with Crippen molar-refractivity contribution >= 4 is 11.9 Å². The summed E-state index contributed by atoms with van der Waals surface area (Å²) in [5.41, 5.74) is 1.07. The third kappa shape index (κ3) is 3.99. The van der Waals surface area contributed by atoms with Crippen molar-refractivity contribution in [3.63, 3.8) is 0 Å². The molecule has 1 unspecified atom stereocenters. The van der Waals surface area contributed by atoms with Crippen LogP contribution in [0.1, 0.15) is 27.9 Å². The minimum atomic E-state index is -0.583. The number of rotatable bonds is 6. The van der Waals surface area contributed by atoms with Crippen LogP contribution in [0.25, 0.3) is 5.69 Å². The fraction of sp³-hybridized carbons (Fsp3) is 0.353. The quantitative estimate of drug-likeness (QED) is 0.809. The van der Waals surface area contributed by atoms with E-state index in [1.54, 1.807) is 0 Å². The van der Waals surface area contributed by atoms with Gasteiger partial charge in [-0.1, -0.05) is 18.2 Å². The van der Waals surface area contributed by atoms with Crippen LogP contribution in [0.5, 0.6) is 0 Å². The predicted octanol–water partition coefficient (Wildman–Crippen LogP) is 1.34. The van der Waals surface area contributed by atoms with Gasteiger partial charge >= 0.3 is 5.97 Å². The number of nitrogens with one attached hydrogen (secondary N) is 1. The molecule has 1 atom stereocenters. The molecule has 0 aliphatic rings. The van der Waals surface area contributed by atoms with Crippen LogP contribution in [-0.4, -0.2) is 60.3 Å². The maximum absolute atomic E-state index is 12.5. The Kier molecular flexibility index (Phi) is 5.70. The van der Waals surface area contributed by atoms with Crippen LogP contribution in [0.4, 0.5) is 0 Å². The summed E-state index contributed by atoms with van der Waals surface area (Å²) in [6.45, 7) is 2.49. The normalized spacial score (nSPS) is 12.0. The second-order valence-electron chi connectivity index (χ2n) is 5.68. The van der Waals surface area contributed by atoms with Gasteiger partial charge in [-0.15, -0.1) is 0 Å². The Morgan fingerprint density at radius 3 is 2.54 bits per heavy atom. The van der Waals surface area contributed by atoms with Crippen LogP contribution in [0.3, 0.4) is 0 Å². The Balaban J connectivity index is 2.31. The van der Waals surface area contributed by atoms with Crippen molar-refractivity contribution in [1.29, 1.82) is 0 Å². The third-order valence-electron chi connectivity index (χ3n) is 3.78. The van der Waals surface area contributed by atoms with Crippen molar-refractivity contribution in [3.8, 4) is 5.69 Å². The summed E-state index contributed by atoms with van der Waals surface area (Å²) in [6.07, 6.45) is 0. The monoisotopic (exact) mass is 330 g/mol. The number of para-hydroxylation sites is 1. The van der Waals surface area contributed by atoms with Gasteiger partial charge in [0.15, 0.2) is 5.69 Å². The number of aromatic nitrogens is 2. The molecule has 2 rings (SSSR count). The lowest BCUT2D eigenvalue weighted by molar-refractivity contribution is 0.0593. The Bertz CT molecular complexity index is 710. The smallest absolute Gasteiger partial charge is 0.358 e. The van der Waals surface area contributed by atoms with Crippen LogP contribution >= 0.6 is 0 Å². The number of benzene rings is 1. The first kappa shape index (κ1) is 17.7. The number of carbonyl (C=O) groups excluding carboxylic acids is 2. The van der Waals surface area contributed by atoms with Gasteiger partial charge in [0.1, 0.15) is 5.69 Å². The number of nitrogens with zero attached hydrogens (tertiary/aromatic N) is 3. The second-order valence-corrected chi connectivity index (χ2v) is 5.68. The van der Waals surface area contributed by atoms with E-state index in [1.165, 1.54) is 17.9 Å². The van der Waals surface area contributed by atoms with Crippen LogP contribution in [0.15, 0.2) is 36.4 Å². The number of carbonyl (C=O) groups is 2. The molecule has 7 nitrogen and oxygen atoms in total. The summed E-state index contributed by atoms with van der Waals surface area (Å²) in [6, 6.07) is 10.8. The van der Waals surface area contributed by atoms with Gasteiger partial charge in [0.05, 0.1) is 12.8 Å². The van der Waals surface area contributed by atoms with Crippen LogP contribution in [0, 0.1) is 0 Å². The number of esters is 1. The zero-order valence-electron chi connectivity index (χ0n) is 14.3. The first-order valence-corrected chi connectivity index (χ1v) is 7.62. The Morgan fingerprint density at radius 2 is 1.96 bits per heavy atom. The maximum Gasteiger partial charge on any atom is 0.358 e. The molecule has 7 heteroatoms. The molecular weight excluding hydrogens is 308 g/mol. The number of hydrogen-bond acceptors (Lipinski definition) is 5. The molecule has 0 saturated heterocycles. The minimum Gasteiger partial charge on any atom is -0.464 e. The van der Waals surface area contributed by atoms with Crippen molar-refractivity contribution in [2.75, 3.05) is 27.7 Å². The van der Waals surface area contributed by atoms with Crippen molar-refractivity contribution in [2.24, 2.45) is 0 Å². The Labute approximate surface area is 141 Å². The van der Waals surface area contributed by atoms with E-state index in [4.69, 9.17) is 4.74 Å². The van der Waals surface area contributed by atoms with Crippen LogP contribution in [-0.2, 0) is 4.74 Å². The van der Waals surface area contributed by atoms with Crippen LogP contribution < -0.4 is 5.32 Å². The highest BCUT2D eigenvalue weighted by atomic mass is 16.5. The van der Waals surface area contributed by atoms with E-state index < -0.39 is 5.97 Å². The van der Waals surface area contributed by atoms with Gasteiger partial charge in [-0.2, -0.15) is 5.10 Å². The number of likely N-dealkylation sites (N-methyl/N-ethyl adjacent to an activating group) is 1. The predicted molar refractivity (Wildman–Crippen MR) is 90.4 cm³/mol. The SMILES string of the molecule is COC(=O)c1cc(C(=O)NCC(C)N(C)C)n(-c2ccccc2)n1. The molecule has 0 aliphatic carbocycles. The molecule has 1 amide bonds. The lowest BCUT2D eigenvalue weighted by Gasteiger charge is -2.20. The number of amides is 1. The summed E-state index contributed by atoms with van der Waals surface area (Å²) in [5.74, 6) is -0.879. The molecule has 0 spiro atoms. The molecule has 1 heterocycles. The zero-order valence-corrected chi connectivity index (χ0v) is 14.3. The average Bonchev–Trinajstić information content (AvgIpc) is 3.04. The summed E-state index contributed by atoms with van der Waals surface area (Å²) >= 11 is 0. The highest BCUT2D eigenvalue weighted by Gasteiger charge is 2.21. The molecule has 1 aromatic heterocycles. The fourth-order valence-corrected chi connectivity index (χ4v) is 2.03. The molecule has 0 fully saturated rings. The van der Waals surface area contributed by atoms with E-state index in [-0.39, 0.29) is 23.3 Å². The Hall–Kier alpha value is -2.67. The Morgan fingerprint density at radius 1 is 1.29 bits per heavy atom. The number of hydrogen-bond donors (Lipinski definition) is 1. The highest BCUT2D eigenvalue weighted by Crippen LogP contribution is 2.13. The molecule has 0 bridgehead atoms. The standard InChI is InChI=1S/C17H22N4O3/c1-12(20(2)3)11-18-16(22)15-10-14(17(23)24-4)19-21(15)13-8-6-5-7-9-13/h5-10,12H,11H2,1-4H3,(H,18,22). The summed E-state index contributed by atoms with van der Waals surface area (Å²) in [7, 11) is 5.17. The molecule has 0 radical (unpaired) electrons. The third-order valence-corrected chi connectivity index (χ3v) is 3.78. The largest absolute Gasteiger partial charge is 0.464 e. The molecule has 1 N–H and O–H groups in total. The molecule has 1 aromatic carbocycles. The van der Waals surface area contributed by atoms with Gasteiger partial charge in [0.2, 0.25) is 0 Å². The molecular formula is C17H22N4O3. The van der Waals surface area contributed by atoms with Gasteiger partial charge in [0.25, 0.3) is 5.91 Å². The van der Waals surface area contributed by atoms with E-state index >= 15 is 0 Å². The van der Waals surface area contributed by atoms with Crippen LogP contribution in [0.2, 0.25) is 0 Å². The van der Waals surface area contributed by atoms with Gasteiger partial charge in [-0.3, -0.25) is 4.79 Å². The summed E-state index contributed by atoms with van der Waals surface area (Å²) in [4.78, 5) is 26.3.